The van der Waals surface area contributed by atoms with Gasteiger partial charge in [0.15, 0.2) is 5.13 Å². The van der Waals surface area contributed by atoms with Gasteiger partial charge in [-0.15, -0.1) is 11.3 Å². The molecule has 1 saturated heterocycles. The monoisotopic (exact) mass is 293 g/mol. The minimum atomic E-state index is 0.764. The Morgan fingerprint density at radius 3 is 2.90 bits per heavy atom. The maximum Gasteiger partial charge on any atom is 0.185 e. The lowest BCUT2D eigenvalue weighted by Crippen LogP contribution is -2.34. The highest BCUT2D eigenvalue weighted by atomic mass is 32.1. The molecular formula is C16H27N3S. The third-order valence-electron chi connectivity index (χ3n) is 4.32. The molecule has 1 saturated carbocycles. The molecule has 1 atom stereocenters. The number of hydrogen-bond acceptors (Lipinski definition) is 4. The Labute approximate surface area is 126 Å². The van der Waals surface area contributed by atoms with Crippen LogP contribution >= 0.6 is 11.3 Å². The molecule has 2 aliphatic rings. The maximum absolute atomic E-state index is 5.01. The minimum absolute atomic E-state index is 0.764. The van der Waals surface area contributed by atoms with Crippen LogP contribution in [-0.4, -0.2) is 24.6 Å². The lowest BCUT2D eigenvalue weighted by molar-refractivity contribution is 0.446. The molecule has 0 radical (unpaired) electrons. The van der Waals surface area contributed by atoms with Crippen molar-refractivity contribution in [3.05, 3.63) is 10.6 Å². The molecule has 3 rings (SSSR count). The van der Waals surface area contributed by atoms with Gasteiger partial charge in [0.05, 0.1) is 5.69 Å². The van der Waals surface area contributed by atoms with E-state index >= 15 is 0 Å². The highest BCUT2D eigenvalue weighted by molar-refractivity contribution is 7.15. The lowest BCUT2D eigenvalue weighted by Gasteiger charge is -2.30. The molecule has 4 heteroatoms. The summed E-state index contributed by atoms with van der Waals surface area (Å²) in [5.74, 6) is 1.58. The van der Waals surface area contributed by atoms with Crippen LogP contribution in [0, 0.1) is 5.92 Å². The third kappa shape index (κ3) is 3.34. The zero-order chi connectivity index (χ0) is 13.9. The molecule has 1 aromatic rings. The van der Waals surface area contributed by atoms with Gasteiger partial charge in [-0.3, -0.25) is 0 Å². The van der Waals surface area contributed by atoms with Gasteiger partial charge >= 0.3 is 0 Å². The van der Waals surface area contributed by atoms with Gasteiger partial charge in [-0.2, -0.15) is 0 Å². The van der Waals surface area contributed by atoms with Crippen LogP contribution in [-0.2, 0) is 6.54 Å². The van der Waals surface area contributed by atoms with Crippen molar-refractivity contribution in [3.8, 4) is 0 Å². The van der Waals surface area contributed by atoms with Crippen molar-refractivity contribution in [2.75, 3.05) is 24.5 Å². The molecule has 2 fully saturated rings. The lowest BCUT2D eigenvalue weighted by atomic mass is 10.0. The van der Waals surface area contributed by atoms with E-state index in [2.05, 4.69) is 24.1 Å². The molecule has 1 aliphatic heterocycles. The van der Waals surface area contributed by atoms with Gasteiger partial charge in [0.25, 0.3) is 0 Å². The standard InChI is InChI=1S/C16H27N3S/c1-3-8-17-10-14-15(13-6-7-13)18-16(20-14)19-9-4-5-12(2)11-19/h12-13,17H,3-11H2,1-2H3. The summed E-state index contributed by atoms with van der Waals surface area (Å²) < 4.78 is 0. The Morgan fingerprint density at radius 2 is 2.20 bits per heavy atom. The molecule has 1 N–H and O–H groups in total. The molecule has 0 bridgehead atoms. The van der Waals surface area contributed by atoms with Crippen molar-refractivity contribution in [3.63, 3.8) is 0 Å². The summed E-state index contributed by atoms with van der Waals surface area (Å²) in [4.78, 5) is 9.03. The van der Waals surface area contributed by atoms with Gasteiger partial charge in [0.2, 0.25) is 0 Å². The van der Waals surface area contributed by atoms with E-state index in [1.165, 1.54) is 60.9 Å². The van der Waals surface area contributed by atoms with E-state index in [0.29, 0.717) is 0 Å². The highest BCUT2D eigenvalue weighted by Gasteiger charge is 2.31. The van der Waals surface area contributed by atoms with Crippen molar-refractivity contribution < 1.29 is 0 Å². The second-order valence-corrected chi connectivity index (χ2v) is 7.51. The van der Waals surface area contributed by atoms with E-state index in [4.69, 9.17) is 4.98 Å². The molecule has 20 heavy (non-hydrogen) atoms. The van der Waals surface area contributed by atoms with Crippen molar-refractivity contribution in [1.82, 2.24) is 10.3 Å². The molecular weight excluding hydrogens is 266 g/mol. The van der Waals surface area contributed by atoms with Gasteiger partial charge in [-0.1, -0.05) is 13.8 Å². The largest absolute Gasteiger partial charge is 0.348 e. The zero-order valence-electron chi connectivity index (χ0n) is 12.8. The number of nitrogens with one attached hydrogen (secondary N) is 1. The van der Waals surface area contributed by atoms with Gasteiger partial charge < -0.3 is 10.2 Å². The van der Waals surface area contributed by atoms with Gasteiger partial charge in [-0.05, 0) is 44.6 Å². The maximum atomic E-state index is 5.01. The number of anilines is 1. The fourth-order valence-electron chi connectivity index (χ4n) is 3.03. The average molecular weight is 293 g/mol. The fourth-order valence-corrected chi connectivity index (χ4v) is 4.18. The Kier molecular flexibility index (Phi) is 4.61. The van der Waals surface area contributed by atoms with E-state index in [1.807, 2.05) is 11.3 Å². The topological polar surface area (TPSA) is 28.2 Å². The Hall–Kier alpha value is -0.610. The quantitative estimate of drug-likeness (QED) is 0.810. The van der Waals surface area contributed by atoms with E-state index in [0.717, 1.165) is 24.9 Å². The van der Waals surface area contributed by atoms with Crippen LogP contribution in [0.1, 0.15) is 62.4 Å². The summed E-state index contributed by atoms with van der Waals surface area (Å²) in [6.07, 6.45) is 6.60. The number of nitrogens with zero attached hydrogens (tertiary/aromatic N) is 2. The smallest absolute Gasteiger partial charge is 0.185 e. The van der Waals surface area contributed by atoms with Crippen LogP contribution < -0.4 is 10.2 Å². The third-order valence-corrected chi connectivity index (χ3v) is 5.45. The molecule has 2 heterocycles. The van der Waals surface area contributed by atoms with Crippen LogP contribution in [0.25, 0.3) is 0 Å². The molecule has 1 unspecified atom stereocenters. The van der Waals surface area contributed by atoms with Gasteiger partial charge in [0.1, 0.15) is 0 Å². The van der Waals surface area contributed by atoms with Crippen LogP contribution in [0.2, 0.25) is 0 Å². The Balaban J connectivity index is 1.72. The normalized spacial score (nSPS) is 23.3. The number of hydrogen-bond donors (Lipinski definition) is 1. The summed E-state index contributed by atoms with van der Waals surface area (Å²) in [7, 11) is 0. The molecule has 112 valence electrons. The predicted molar refractivity (Wildman–Crippen MR) is 86.7 cm³/mol. The van der Waals surface area contributed by atoms with E-state index in [-0.39, 0.29) is 0 Å². The second kappa shape index (κ2) is 6.44. The number of thiazole rings is 1. The summed E-state index contributed by atoms with van der Waals surface area (Å²) in [5, 5.41) is 4.84. The SMILES string of the molecule is CCCNCc1sc(N2CCCC(C)C2)nc1C1CC1. The highest BCUT2D eigenvalue weighted by Crippen LogP contribution is 2.44. The first kappa shape index (κ1) is 14.3. The van der Waals surface area contributed by atoms with Gasteiger partial charge in [-0.25, -0.2) is 4.98 Å². The first-order valence-electron chi connectivity index (χ1n) is 8.23. The minimum Gasteiger partial charge on any atom is -0.348 e. The first-order valence-corrected chi connectivity index (χ1v) is 9.04. The summed E-state index contributed by atoms with van der Waals surface area (Å²) in [6, 6.07) is 0. The van der Waals surface area contributed by atoms with E-state index in [1.54, 1.807) is 0 Å². The number of aromatic nitrogens is 1. The van der Waals surface area contributed by atoms with Crippen LogP contribution in [0.4, 0.5) is 5.13 Å². The predicted octanol–water partition coefficient (Wildman–Crippen LogP) is 3.76. The number of rotatable bonds is 6. The first-order chi connectivity index (χ1) is 9.78. The van der Waals surface area contributed by atoms with Crippen molar-refractivity contribution in [2.24, 2.45) is 5.92 Å². The molecule has 0 amide bonds. The molecule has 1 aromatic heterocycles. The molecule has 0 spiro atoms. The number of piperidine rings is 1. The van der Waals surface area contributed by atoms with Crippen LogP contribution in [0.3, 0.4) is 0 Å². The Bertz CT molecular complexity index is 439. The molecule has 1 aliphatic carbocycles. The summed E-state index contributed by atoms with van der Waals surface area (Å²) >= 11 is 1.94. The fraction of sp³-hybridized carbons (Fsp3) is 0.812. The van der Waals surface area contributed by atoms with E-state index < -0.39 is 0 Å². The van der Waals surface area contributed by atoms with Crippen molar-refractivity contribution >= 4 is 16.5 Å². The van der Waals surface area contributed by atoms with Crippen LogP contribution in [0.5, 0.6) is 0 Å². The Morgan fingerprint density at radius 1 is 1.35 bits per heavy atom. The molecule has 3 nitrogen and oxygen atoms in total. The average Bonchev–Trinajstić information content (AvgIpc) is 3.20. The van der Waals surface area contributed by atoms with Gasteiger partial charge in [0, 0.05) is 30.4 Å². The zero-order valence-corrected chi connectivity index (χ0v) is 13.6. The van der Waals surface area contributed by atoms with Crippen molar-refractivity contribution in [2.45, 2.75) is 58.4 Å². The van der Waals surface area contributed by atoms with Crippen molar-refractivity contribution in [1.29, 1.82) is 0 Å². The molecule has 0 aromatic carbocycles. The second-order valence-electron chi connectivity index (χ2n) is 6.45. The van der Waals surface area contributed by atoms with E-state index in [9.17, 15) is 0 Å². The van der Waals surface area contributed by atoms with Crippen LogP contribution in [0.15, 0.2) is 0 Å². The summed E-state index contributed by atoms with van der Waals surface area (Å²) in [5.41, 5.74) is 1.41. The summed E-state index contributed by atoms with van der Waals surface area (Å²) in [6.45, 7) is 9.11.